The molecule has 15 heavy (non-hydrogen) atoms. The van der Waals surface area contributed by atoms with Gasteiger partial charge in [-0.25, -0.2) is 0 Å². The van der Waals surface area contributed by atoms with Crippen molar-refractivity contribution in [2.24, 2.45) is 5.92 Å². The Bertz CT molecular complexity index is 280. The molecule has 0 aromatic carbocycles. The summed E-state index contributed by atoms with van der Waals surface area (Å²) in [6.07, 6.45) is 8.01. The fourth-order valence-electron chi connectivity index (χ4n) is 1.41. The van der Waals surface area contributed by atoms with Gasteiger partial charge in [0.1, 0.15) is 0 Å². The van der Waals surface area contributed by atoms with Crippen molar-refractivity contribution in [2.45, 2.75) is 33.6 Å². The van der Waals surface area contributed by atoms with Crippen molar-refractivity contribution in [3.05, 3.63) is 47.0 Å². The lowest BCUT2D eigenvalue weighted by Crippen LogP contribution is -1.95. The Balaban J connectivity index is 4.83. The van der Waals surface area contributed by atoms with Crippen LogP contribution >= 0.6 is 15.9 Å². The summed E-state index contributed by atoms with van der Waals surface area (Å²) in [6, 6.07) is 0. The third-order valence-corrected chi connectivity index (χ3v) is 2.66. The molecule has 0 heterocycles. The molecule has 0 unspecified atom stereocenters. The Morgan fingerprint density at radius 1 is 1.40 bits per heavy atom. The summed E-state index contributed by atoms with van der Waals surface area (Å²) in [5.41, 5.74) is 2.41. The third kappa shape index (κ3) is 5.78. The highest BCUT2D eigenvalue weighted by atomic mass is 79.9. The van der Waals surface area contributed by atoms with E-state index in [4.69, 9.17) is 0 Å². The maximum atomic E-state index is 4.14. The van der Waals surface area contributed by atoms with Crippen LogP contribution in [-0.4, -0.2) is 0 Å². The van der Waals surface area contributed by atoms with E-state index in [9.17, 15) is 0 Å². The van der Waals surface area contributed by atoms with E-state index in [2.05, 4.69) is 55.9 Å². The molecule has 0 N–H and O–H groups in total. The zero-order valence-corrected chi connectivity index (χ0v) is 11.6. The molecule has 0 aromatic rings. The van der Waals surface area contributed by atoms with Gasteiger partial charge < -0.3 is 0 Å². The smallest absolute Gasteiger partial charge is 0.0246 e. The van der Waals surface area contributed by atoms with E-state index in [-0.39, 0.29) is 0 Å². The highest BCUT2D eigenvalue weighted by Gasteiger charge is 2.07. The predicted molar refractivity (Wildman–Crippen MR) is 74.2 cm³/mol. The largest absolute Gasteiger partial charge is 0.0990 e. The van der Waals surface area contributed by atoms with Crippen molar-refractivity contribution < 1.29 is 0 Å². The lowest BCUT2D eigenvalue weighted by molar-refractivity contribution is 0.648. The van der Waals surface area contributed by atoms with Gasteiger partial charge in [-0.1, -0.05) is 62.0 Å². The van der Waals surface area contributed by atoms with Gasteiger partial charge in [0.25, 0.3) is 0 Å². The zero-order chi connectivity index (χ0) is 11.8. The molecule has 0 atom stereocenters. The molecule has 0 aliphatic rings. The maximum absolute atomic E-state index is 4.14. The zero-order valence-electron chi connectivity index (χ0n) is 10.0. The average molecular weight is 269 g/mol. The molecule has 0 saturated heterocycles. The van der Waals surface area contributed by atoms with Gasteiger partial charge in [0.05, 0.1) is 0 Å². The number of rotatable bonds is 6. The van der Waals surface area contributed by atoms with Crippen molar-refractivity contribution in [3.8, 4) is 0 Å². The van der Waals surface area contributed by atoms with Crippen LogP contribution in [0.1, 0.15) is 33.6 Å². The summed E-state index contributed by atoms with van der Waals surface area (Å²) in [6.45, 7) is 14.4. The van der Waals surface area contributed by atoms with Gasteiger partial charge in [-0.05, 0) is 36.0 Å². The van der Waals surface area contributed by atoms with Gasteiger partial charge in [0, 0.05) is 4.48 Å². The molecule has 0 radical (unpaired) electrons. The minimum Gasteiger partial charge on any atom is -0.0990 e. The summed E-state index contributed by atoms with van der Waals surface area (Å²) in [5.74, 6) is 0.641. The first-order valence-corrected chi connectivity index (χ1v) is 6.19. The first-order chi connectivity index (χ1) is 7.02. The van der Waals surface area contributed by atoms with Crippen LogP contribution in [0.5, 0.6) is 0 Å². The van der Waals surface area contributed by atoms with E-state index in [1.165, 1.54) is 11.1 Å². The number of halogens is 1. The fourth-order valence-corrected chi connectivity index (χ4v) is 2.04. The average Bonchev–Trinajstić information content (AvgIpc) is 2.13. The molecule has 0 bridgehead atoms. The van der Waals surface area contributed by atoms with Crippen molar-refractivity contribution >= 4 is 15.9 Å². The molecule has 0 spiro atoms. The molecule has 0 aliphatic carbocycles. The Labute approximate surface area is 103 Å². The monoisotopic (exact) mass is 268 g/mol. The van der Waals surface area contributed by atoms with Crippen LogP contribution in [0, 0.1) is 5.92 Å². The molecular weight excluding hydrogens is 248 g/mol. The van der Waals surface area contributed by atoms with Crippen LogP contribution < -0.4 is 0 Å². The Morgan fingerprint density at radius 2 is 2.00 bits per heavy atom. The minimum absolute atomic E-state index is 0.641. The van der Waals surface area contributed by atoms with E-state index < -0.39 is 0 Å². The molecule has 0 aliphatic heterocycles. The summed E-state index contributed by atoms with van der Waals surface area (Å²) < 4.78 is 1.07. The van der Waals surface area contributed by atoms with E-state index >= 15 is 0 Å². The third-order valence-electron chi connectivity index (χ3n) is 1.97. The molecule has 0 amide bonds. The van der Waals surface area contributed by atoms with Crippen molar-refractivity contribution in [1.82, 2.24) is 0 Å². The second kappa shape index (κ2) is 7.70. The van der Waals surface area contributed by atoms with Gasteiger partial charge >= 0.3 is 0 Å². The van der Waals surface area contributed by atoms with Crippen LogP contribution in [-0.2, 0) is 0 Å². The van der Waals surface area contributed by atoms with Crippen molar-refractivity contribution in [1.29, 1.82) is 0 Å². The second-order valence-corrected chi connectivity index (χ2v) is 4.83. The van der Waals surface area contributed by atoms with E-state index in [0.29, 0.717) is 5.92 Å². The Hall–Kier alpha value is -0.560. The molecular formula is C14H21Br. The van der Waals surface area contributed by atoms with Crippen LogP contribution in [0.4, 0.5) is 0 Å². The molecule has 0 saturated carbocycles. The molecule has 1 heteroatoms. The minimum atomic E-state index is 0.641. The maximum Gasteiger partial charge on any atom is 0.0246 e. The van der Waals surface area contributed by atoms with Gasteiger partial charge in [0.2, 0.25) is 0 Å². The lowest BCUT2D eigenvalue weighted by atomic mass is 9.96. The van der Waals surface area contributed by atoms with Crippen LogP contribution in [0.15, 0.2) is 47.0 Å². The molecule has 0 aromatic heterocycles. The van der Waals surface area contributed by atoms with Crippen LogP contribution in [0.3, 0.4) is 0 Å². The summed E-state index contributed by atoms with van der Waals surface area (Å²) in [7, 11) is 0. The van der Waals surface area contributed by atoms with Gasteiger partial charge in [-0.15, -0.1) is 0 Å². The van der Waals surface area contributed by atoms with Gasteiger partial charge in [0.15, 0.2) is 0 Å². The molecule has 0 nitrogen and oxygen atoms in total. The Kier molecular flexibility index (Phi) is 7.41. The number of hydrogen-bond acceptors (Lipinski definition) is 0. The summed E-state index contributed by atoms with van der Waals surface area (Å²) >= 11 is 3.56. The van der Waals surface area contributed by atoms with Crippen LogP contribution in [0.25, 0.3) is 0 Å². The van der Waals surface area contributed by atoms with Gasteiger partial charge in [-0.3, -0.25) is 0 Å². The lowest BCUT2D eigenvalue weighted by Gasteiger charge is -2.12. The highest BCUT2D eigenvalue weighted by Crippen LogP contribution is 2.28. The van der Waals surface area contributed by atoms with Crippen molar-refractivity contribution in [3.63, 3.8) is 0 Å². The summed E-state index contributed by atoms with van der Waals surface area (Å²) in [4.78, 5) is 0. The number of hydrogen-bond donors (Lipinski definition) is 0. The molecule has 84 valence electrons. The van der Waals surface area contributed by atoms with E-state index in [0.717, 1.165) is 17.3 Å². The highest BCUT2D eigenvalue weighted by molar-refractivity contribution is 9.12. The molecule has 0 rings (SSSR count). The molecule has 0 fully saturated rings. The topological polar surface area (TPSA) is 0 Å². The van der Waals surface area contributed by atoms with E-state index in [1.54, 1.807) is 6.08 Å². The van der Waals surface area contributed by atoms with Gasteiger partial charge in [-0.2, -0.15) is 0 Å². The Morgan fingerprint density at radius 3 is 2.40 bits per heavy atom. The SMILES string of the molecule is C=C/C=C(/Br)C(=CCC)C(=C)CC(C)C. The van der Waals surface area contributed by atoms with Crippen molar-refractivity contribution in [2.75, 3.05) is 0 Å². The standard InChI is InChI=1S/C14H21Br/c1-6-8-13(14(15)9-7-2)12(5)10-11(3)4/h7-9,11H,2,5-6,10H2,1,3-4H3/b13-8?,14-9+. The summed E-state index contributed by atoms with van der Waals surface area (Å²) in [5, 5.41) is 0. The van der Waals surface area contributed by atoms with E-state index in [1.807, 2.05) is 6.08 Å². The first kappa shape index (κ1) is 14.4. The number of allylic oxidation sites excluding steroid dienone is 6. The predicted octanol–water partition coefficient (Wildman–Crippen LogP) is 5.39. The first-order valence-electron chi connectivity index (χ1n) is 5.39. The fraction of sp³-hybridized carbons (Fsp3) is 0.429. The normalized spacial score (nSPS) is 13.1. The van der Waals surface area contributed by atoms with Crippen LogP contribution in [0.2, 0.25) is 0 Å². The second-order valence-electron chi connectivity index (χ2n) is 3.98. The quantitative estimate of drug-likeness (QED) is 0.567.